The molecule has 1 atom stereocenters. The second-order valence-corrected chi connectivity index (χ2v) is 9.45. The Labute approximate surface area is 236 Å². The average Bonchev–Trinajstić information content (AvgIpc) is 3.58. The molecule has 2 heterocycles. The Kier molecular flexibility index (Phi) is 7.79. The number of carbonyl (C=O) groups is 2. The lowest BCUT2D eigenvalue weighted by Crippen LogP contribution is -2.29. The maximum Gasteiger partial charge on any atom is 0.296 e. The molecule has 3 aromatic carbocycles. The first kappa shape index (κ1) is 26.9. The molecule has 1 fully saturated rings. The van der Waals surface area contributed by atoms with Gasteiger partial charge in [-0.2, -0.15) is 0 Å². The van der Waals surface area contributed by atoms with Crippen LogP contribution in [0.15, 0.2) is 95.1 Å². The van der Waals surface area contributed by atoms with Gasteiger partial charge in [0.15, 0.2) is 0 Å². The summed E-state index contributed by atoms with van der Waals surface area (Å²) in [6, 6.07) is 22.2. The van der Waals surface area contributed by atoms with Crippen LogP contribution in [-0.2, 0) is 22.7 Å². The number of halogens is 1. The van der Waals surface area contributed by atoms with Crippen molar-refractivity contribution in [2.24, 2.45) is 0 Å². The molecule has 40 heavy (non-hydrogen) atoms. The summed E-state index contributed by atoms with van der Waals surface area (Å²) in [7, 11) is 2.84. The van der Waals surface area contributed by atoms with Gasteiger partial charge >= 0.3 is 0 Å². The second kappa shape index (κ2) is 11.6. The SMILES string of the molecule is COc1cc(/C(O)=C2\C(=O)C(=O)N(Cc3ccco3)C2c2cccc(OCc3ccccc3)c2)c(OC)cc1Cl. The Morgan fingerprint density at radius 2 is 1.73 bits per heavy atom. The van der Waals surface area contributed by atoms with E-state index in [1.54, 1.807) is 36.4 Å². The molecule has 1 amide bonds. The van der Waals surface area contributed by atoms with Gasteiger partial charge in [0, 0.05) is 6.07 Å². The standard InChI is InChI=1S/C31H26ClNO7/c1-37-25-16-24(32)26(38-2)15-23(25)29(34)27-28(33(31(36)30(27)35)17-22-12-7-13-39-22)20-10-6-11-21(14-20)40-18-19-8-4-3-5-9-19/h3-16,28,34H,17-18H2,1-2H3/b29-27+. The first-order valence-electron chi connectivity index (χ1n) is 12.4. The molecule has 1 saturated heterocycles. The Bertz CT molecular complexity index is 1560. The zero-order valence-corrected chi connectivity index (χ0v) is 22.6. The molecule has 1 aromatic heterocycles. The molecule has 0 saturated carbocycles. The lowest BCUT2D eigenvalue weighted by Gasteiger charge is -2.25. The maximum atomic E-state index is 13.5. The summed E-state index contributed by atoms with van der Waals surface area (Å²) in [6.07, 6.45) is 1.49. The van der Waals surface area contributed by atoms with Crippen LogP contribution in [0.1, 0.15) is 28.5 Å². The van der Waals surface area contributed by atoms with Gasteiger partial charge in [0.25, 0.3) is 11.7 Å². The summed E-state index contributed by atoms with van der Waals surface area (Å²) < 4.78 is 22.2. The van der Waals surface area contributed by atoms with E-state index < -0.39 is 23.5 Å². The van der Waals surface area contributed by atoms with Crippen molar-refractivity contribution in [2.45, 2.75) is 19.2 Å². The van der Waals surface area contributed by atoms with E-state index >= 15 is 0 Å². The van der Waals surface area contributed by atoms with Crippen LogP contribution in [0.4, 0.5) is 0 Å². The van der Waals surface area contributed by atoms with Crippen molar-refractivity contribution in [2.75, 3.05) is 14.2 Å². The summed E-state index contributed by atoms with van der Waals surface area (Å²) in [5, 5.41) is 11.8. The number of rotatable bonds is 9. The van der Waals surface area contributed by atoms with Crippen LogP contribution in [0.25, 0.3) is 5.76 Å². The number of Topliss-reactive ketones (excluding diaryl/α,β-unsaturated/α-hetero) is 1. The predicted molar refractivity (Wildman–Crippen MR) is 148 cm³/mol. The normalized spacial score (nSPS) is 16.3. The van der Waals surface area contributed by atoms with E-state index in [1.807, 2.05) is 30.3 Å². The van der Waals surface area contributed by atoms with Crippen LogP contribution in [0, 0.1) is 0 Å². The van der Waals surface area contributed by atoms with Crippen molar-refractivity contribution in [1.29, 1.82) is 0 Å². The summed E-state index contributed by atoms with van der Waals surface area (Å²) in [5.41, 5.74) is 1.60. The molecule has 4 aromatic rings. The van der Waals surface area contributed by atoms with E-state index in [0.29, 0.717) is 23.7 Å². The first-order chi connectivity index (χ1) is 19.4. The number of methoxy groups -OCH3 is 2. The fraction of sp³-hybridized carbons (Fsp3) is 0.161. The lowest BCUT2D eigenvalue weighted by atomic mass is 9.94. The number of amides is 1. The highest BCUT2D eigenvalue weighted by Crippen LogP contribution is 2.44. The van der Waals surface area contributed by atoms with Crippen molar-refractivity contribution in [1.82, 2.24) is 4.90 Å². The number of aliphatic hydroxyl groups is 1. The molecule has 9 heteroatoms. The van der Waals surface area contributed by atoms with E-state index in [9.17, 15) is 14.7 Å². The largest absolute Gasteiger partial charge is 0.507 e. The highest BCUT2D eigenvalue weighted by molar-refractivity contribution is 6.46. The number of ketones is 1. The van der Waals surface area contributed by atoms with Gasteiger partial charge in [0.2, 0.25) is 0 Å². The van der Waals surface area contributed by atoms with Gasteiger partial charge in [-0.3, -0.25) is 9.59 Å². The van der Waals surface area contributed by atoms with Crippen molar-refractivity contribution >= 4 is 29.1 Å². The number of carbonyl (C=O) groups excluding carboxylic acids is 2. The highest BCUT2D eigenvalue weighted by Gasteiger charge is 2.46. The highest BCUT2D eigenvalue weighted by atomic mass is 35.5. The molecule has 0 radical (unpaired) electrons. The van der Waals surface area contributed by atoms with Crippen LogP contribution >= 0.6 is 11.6 Å². The third kappa shape index (κ3) is 5.26. The predicted octanol–water partition coefficient (Wildman–Crippen LogP) is 6.15. The van der Waals surface area contributed by atoms with Gasteiger partial charge in [0.05, 0.1) is 49.2 Å². The van der Waals surface area contributed by atoms with Crippen molar-refractivity contribution in [3.05, 3.63) is 118 Å². The third-order valence-corrected chi connectivity index (χ3v) is 6.89. The minimum atomic E-state index is -0.947. The van der Waals surface area contributed by atoms with Gasteiger partial charge < -0.3 is 28.6 Å². The topological polar surface area (TPSA) is 98.4 Å². The monoisotopic (exact) mass is 559 g/mol. The number of nitrogens with zero attached hydrogens (tertiary/aromatic N) is 1. The van der Waals surface area contributed by atoms with Crippen molar-refractivity contribution < 1.29 is 33.3 Å². The zero-order chi connectivity index (χ0) is 28.2. The number of furan rings is 1. The molecule has 1 aliphatic rings. The third-order valence-electron chi connectivity index (χ3n) is 6.60. The summed E-state index contributed by atoms with van der Waals surface area (Å²) in [6.45, 7) is 0.341. The van der Waals surface area contributed by atoms with Gasteiger partial charge in [-0.15, -0.1) is 0 Å². The quantitative estimate of drug-likeness (QED) is 0.149. The number of benzene rings is 3. The van der Waals surface area contributed by atoms with Gasteiger partial charge in [-0.25, -0.2) is 0 Å². The molecule has 1 unspecified atom stereocenters. The van der Waals surface area contributed by atoms with E-state index in [2.05, 4.69) is 0 Å². The smallest absolute Gasteiger partial charge is 0.296 e. The van der Waals surface area contributed by atoms with Crippen LogP contribution in [0.2, 0.25) is 5.02 Å². The molecule has 5 rings (SSSR count). The maximum absolute atomic E-state index is 13.5. The minimum Gasteiger partial charge on any atom is -0.507 e. The van der Waals surface area contributed by atoms with Crippen LogP contribution < -0.4 is 14.2 Å². The molecule has 1 N–H and O–H groups in total. The lowest BCUT2D eigenvalue weighted by molar-refractivity contribution is -0.140. The molecule has 1 aliphatic heterocycles. The van der Waals surface area contributed by atoms with Gasteiger partial charge in [-0.1, -0.05) is 54.1 Å². The zero-order valence-electron chi connectivity index (χ0n) is 21.8. The number of ether oxygens (including phenoxy) is 3. The molecule has 0 bridgehead atoms. The number of aliphatic hydroxyl groups excluding tert-OH is 1. The fourth-order valence-corrected chi connectivity index (χ4v) is 4.90. The Morgan fingerprint density at radius 1 is 0.950 bits per heavy atom. The van der Waals surface area contributed by atoms with E-state index in [1.165, 1.54) is 37.5 Å². The number of likely N-dealkylation sites (tertiary alicyclic amines) is 1. The summed E-state index contributed by atoms with van der Waals surface area (Å²) in [5.74, 6) is -0.558. The van der Waals surface area contributed by atoms with Crippen molar-refractivity contribution in [3.63, 3.8) is 0 Å². The first-order valence-corrected chi connectivity index (χ1v) is 12.8. The molecule has 0 aliphatic carbocycles. The molecular weight excluding hydrogens is 534 g/mol. The average molecular weight is 560 g/mol. The Hall–Kier alpha value is -4.69. The minimum absolute atomic E-state index is 0.00912. The van der Waals surface area contributed by atoms with Gasteiger partial charge in [-0.05, 0) is 41.5 Å². The number of hydrogen-bond acceptors (Lipinski definition) is 7. The van der Waals surface area contributed by atoms with Crippen LogP contribution in [0.5, 0.6) is 17.2 Å². The molecule has 8 nitrogen and oxygen atoms in total. The van der Waals surface area contributed by atoms with E-state index in [0.717, 1.165) is 5.56 Å². The van der Waals surface area contributed by atoms with E-state index in [-0.39, 0.29) is 34.2 Å². The second-order valence-electron chi connectivity index (χ2n) is 9.04. The van der Waals surface area contributed by atoms with Crippen LogP contribution in [0.3, 0.4) is 0 Å². The van der Waals surface area contributed by atoms with Crippen LogP contribution in [-0.4, -0.2) is 35.9 Å². The summed E-state index contributed by atoms with van der Waals surface area (Å²) >= 11 is 6.26. The summed E-state index contributed by atoms with van der Waals surface area (Å²) in [4.78, 5) is 28.2. The fourth-order valence-electron chi connectivity index (χ4n) is 4.67. The van der Waals surface area contributed by atoms with Gasteiger partial charge in [0.1, 0.15) is 35.4 Å². The molecule has 0 spiro atoms. The number of hydrogen-bond donors (Lipinski definition) is 1. The molecular formula is C31H26ClNO7. The molecule has 204 valence electrons. The Balaban J connectivity index is 1.62. The van der Waals surface area contributed by atoms with Crippen molar-refractivity contribution in [3.8, 4) is 17.2 Å². The Morgan fingerprint density at radius 3 is 2.42 bits per heavy atom. The van der Waals surface area contributed by atoms with E-state index in [4.69, 9.17) is 30.2 Å².